The molecule has 32 heavy (non-hydrogen) atoms. The van der Waals surface area contributed by atoms with E-state index in [1.165, 1.54) is 6.07 Å². The molecule has 0 N–H and O–H groups in total. The first-order valence-corrected chi connectivity index (χ1v) is 10.6. The van der Waals surface area contributed by atoms with Crippen LogP contribution in [0, 0.1) is 0 Å². The summed E-state index contributed by atoms with van der Waals surface area (Å²) in [5, 5.41) is 0. The van der Waals surface area contributed by atoms with Crippen molar-refractivity contribution < 1.29 is 40.0 Å². The lowest BCUT2D eigenvalue weighted by Gasteiger charge is -2.14. The van der Waals surface area contributed by atoms with Crippen LogP contribution in [0.3, 0.4) is 0 Å². The minimum atomic E-state index is -5.99. The van der Waals surface area contributed by atoms with Crippen LogP contribution in [-0.4, -0.2) is 19.9 Å². The normalized spacial score (nSPS) is 11.6. The van der Waals surface area contributed by atoms with Crippen molar-refractivity contribution in [1.29, 1.82) is 0 Å². The van der Waals surface area contributed by atoms with Crippen LogP contribution in [0.5, 0.6) is 11.5 Å². The van der Waals surface area contributed by atoms with Crippen LogP contribution in [0.25, 0.3) is 0 Å². The van der Waals surface area contributed by atoms with Gasteiger partial charge in [0.25, 0.3) is 0 Å². The molecule has 0 fully saturated rings. The zero-order chi connectivity index (χ0) is 23.2. The number of carbonyl (C=O) groups excluding carboxylic acids is 1. The number of esters is 1. The van der Waals surface area contributed by atoms with Gasteiger partial charge in [0.1, 0.15) is 24.5 Å². The third-order valence-corrected chi connectivity index (χ3v) is 5.08. The minimum absolute atomic E-state index is 0.109. The second kappa shape index (κ2) is 9.73. The molecule has 0 aromatic heterocycles. The fourth-order valence-electron chi connectivity index (χ4n) is 2.54. The molecule has 0 spiro atoms. The van der Waals surface area contributed by atoms with Crippen molar-refractivity contribution in [2.24, 2.45) is 0 Å². The molecule has 3 aromatic rings. The van der Waals surface area contributed by atoms with Gasteiger partial charge in [0.15, 0.2) is 5.75 Å². The van der Waals surface area contributed by atoms with Crippen LogP contribution in [0.4, 0.5) is 13.2 Å². The van der Waals surface area contributed by atoms with Gasteiger partial charge in [-0.05, 0) is 29.3 Å². The first-order valence-electron chi connectivity index (χ1n) is 9.18. The van der Waals surface area contributed by atoms with E-state index in [1.807, 2.05) is 6.07 Å². The third-order valence-electron chi connectivity index (χ3n) is 4.11. The lowest BCUT2D eigenvalue weighted by Crippen LogP contribution is -2.28. The Labute approximate surface area is 182 Å². The van der Waals surface area contributed by atoms with Crippen molar-refractivity contribution in [2.75, 3.05) is 0 Å². The average molecular weight is 466 g/mol. The second-order valence-corrected chi connectivity index (χ2v) is 8.01. The standard InChI is InChI=1S/C22H17F3O6S/c23-22(24,25)32(27,28)31-20-12-11-18(29-14-16-7-3-1-4-8-16)13-19(20)21(26)30-15-17-9-5-2-6-10-17/h1-13H,14-15H2. The number of halogens is 3. The minimum Gasteiger partial charge on any atom is -0.489 e. The molecule has 0 amide bonds. The molecule has 0 atom stereocenters. The molecule has 0 saturated carbocycles. The summed E-state index contributed by atoms with van der Waals surface area (Å²) >= 11 is 0. The van der Waals surface area contributed by atoms with Crippen molar-refractivity contribution >= 4 is 16.1 Å². The molecular formula is C22H17F3O6S. The summed E-state index contributed by atoms with van der Waals surface area (Å²) in [6.07, 6.45) is 0. The van der Waals surface area contributed by atoms with Crippen LogP contribution < -0.4 is 8.92 Å². The highest BCUT2D eigenvalue weighted by Gasteiger charge is 2.49. The maximum atomic E-state index is 12.8. The molecule has 0 radical (unpaired) electrons. The van der Waals surface area contributed by atoms with Gasteiger partial charge < -0.3 is 13.7 Å². The lowest BCUT2D eigenvalue weighted by molar-refractivity contribution is -0.0500. The monoisotopic (exact) mass is 466 g/mol. The van der Waals surface area contributed by atoms with E-state index in [-0.39, 0.29) is 19.0 Å². The molecule has 168 valence electrons. The van der Waals surface area contributed by atoms with Gasteiger partial charge in [-0.25, -0.2) is 4.79 Å². The summed E-state index contributed by atoms with van der Waals surface area (Å²) in [5.41, 5.74) is -4.76. The Kier molecular flexibility index (Phi) is 7.04. The summed E-state index contributed by atoms with van der Waals surface area (Å²) in [5.74, 6) is -1.80. The molecule has 0 aliphatic heterocycles. The van der Waals surface area contributed by atoms with E-state index in [9.17, 15) is 26.4 Å². The Morgan fingerprint density at radius 3 is 1.94 bits per heavy atom. The lowest BCUT2D eigenvalue weighted by atomic mass is 10.2. The van der Waals surface area contributed by atoms with E-state index >= 15 is 0 Å². The van der Waals surface area contributed by atoms with Crippen LogP contribution >= 0.6 is 0 Å². The van der Waals surface area contributed by atoms with E-state index in [0.717, 1.165) is 17.7 Å². The van der Waals surface area contributed by atoms with Crippen molar-refractivity contribution in [3.63, 3.8) is 0 Å². The molecule has 3 aromatic carbocycles. The zero-order valence-corrected chi connectivity index (χ0v) is 17.2. The first-order chi connectivity index (χ1) is 15.2. The number of carbonyl (C=O) groups is 1. The van der Waals surface area contributed by atoms with E-state index in [4.69, 9.17) is 9.47 Å². The summed E-state index contributed by atoms with van der Waals surface area (Å²) < 4.78 is 76.0. The first kappa shape index (κ1) is 23.1. The smallest absolute Gasteiger partial charge is 0.489 e. The Hall–Kier alpha value is -3.53. The summed E-state index contributed by atoms with van der Waals surface area (Å²) in [6.45, 7) is -0.0688. The summed E-state index contributed by atoms with van der Waals surface area (Å²) in [4.78, 5) is 12.6. The van der Waals surface area contributed by atoms with Crippen molar-refractivity contribution in [3.8, 4) is 11.5 Å². The molecule has 0 bridgehead atoms. The number of rotatable bonds is 8. The maximum absolute atomic E-state index is 12.8. The largest absolute Gasteiger partial charge is 0.534 e. The van der Waals surface area contributed by atoms with E-state index in [0.29, 0.717) is 5.56 Å². The highest BCUT2D eigenvalue weighted by Crippen LogP contribution is 2.32. The van der Waals surface area contributed by atoms with Crippen molar-refractivity contribution in [2.45, 2.75) is 18.7 Å². The van der Waals surface area contributed by atoms with Crippen LogP contribution in [0.15, 0.2) is 78.9 Å². The van der Waals surface area contributed by atoms with E-state index in [2.05, 4.69) is 4.18 Å². The maximum Gasteiger partial charge on any atom is 0.534 e. The van der Waals surface area contributed by atoms with Crippen molar-refractivity contribution in [3.05, 3.63) is 95.6 Å². The average Bonchev–Trinajstić information content (AvgIpc) is 2.77. The van der Waals surface area contributed by atoms with Gasteiger partial charge in [-0.3, -0.25) is 0 Å². The molecule has 0 heterocycles. The number of benzene rings is 3. The predicted octanol–water partition coefficient (Wildman–Crippen LogP) is 4.85. The molecule has 0 aliphatic rings. The quantitative estimate of drug-likeness (QED) is 0.268. The highest BCUT2D eigenvalue weighted by atomic mass is 32.2. The van der Waals surface area contributed by atoms with Gasteiger partial charge in [-0.1, -0.05) is 60.7 Å². The summed E-state index contributed by atoms with van der Waals surface area (Å²) in [6, 6.07) is 20.7. The molecule has 6 nitrogen and oxygen atoms in total. The third kappa shape index (κ3) is 6.01. The van der Waals surface area contributed by atoms with Gasteiger partial charge in [0.2, 0.25) is 0 Å². The van der Waals surface area contributed by atoms with Crippen molar-refractivity contribution in [1.82, 2.24) is 0 Å². The topological polar surface area (TPSA) is 78.9 Å². The second-order valence-electron chi connectivity index (χ2n) is 6.48. The Bertz CT molecular complexity index is 1160. The summed E-state index contributed by atoms with van der Waals surface area (Å²) in [7, 11) is -5.99. The molecule has 10 heteroatoms. The van der Waals surface area contributed by atoms with Crippen LogP contribution in [-0.2, 0) is 28.1 Å². The number of ether oxygens (including phenoxy) is 2. The van der Waals surface area contributed by atoms with Gasteiger partial charge in [-0.2, -0.15) is 21.6 Å². The number of alkyl halides is 3. The molecule has 0 saturated heterocycles. The highest BCUT2D eigenvalue weighted by molar-refractivity contribution is 7.88. The van der Waals surface area contributed by atoms with Gasteiger partial charge in [0, 0.05) is 0 Å². The fourth-order valence-corrected chi connectivity index (χ4v) is 3.01. The molecule has 0 unspecified atom stereocenters. The fraction of sp³-hybridized carbons (Fsp3) is 0.136. The Morgan fingerprint density at radius 2 is 1.38 bits per heavy atom. The molecular weight excluding hydrogens is 449 g/mol. The van der Waals surface area contributed by atoms with E-state index < -0.39 is 32.9 Å². The zero-order valence-electron chi connectivity index (χ0n) is 16.4. The van der Waals surface area contributed by atoms with Crippen LogP contribution in [0.2, 0.25) is 0 Å². The SMILES string of the molecule is O=C(OCc1ccccc1)c1cc(OCc2ccccc2)ccc1OS(=O)(=O)C(F)(F)F. The molecule has 3 rings (SSSR count). The van der Waals surface area contributed by atoms with E-state index in [1.54, 1.807) is 54.6 Å². The predicted molar refractivity (Wildman–Crippen MR) is 108 cm³/mol. The Morgan fingerprint density at radius 1 is 0.812 bits per heavy atom. The molecule has 0 aliphatic carbocycles. The Balaban J connectivity index is 1.85. The van der Waals surface area contributed by atoms with Gasteiger partial charge in [0.05, 0.1) is 0 Å². The van der Waals surface area contributed by atoms with Crippen LogP contribution in [0.1, 0.15) is 21.5 Å². The van der Waals surface area contributed by atoms with Gasteiger partial charge in [-0.15, -0.1) is 0 Å². The number of hydrogen-bond acceptors (Lipinski definition) is 6. The number of hydrogen-bond donors (Lipinski definition) is 0. The van der Waals surface area contributed by atoms with Gasteiger partial charge >= 0.3 is 21.6 Å².